The van der Waals surface area contributed by atoms with E-state index in [1.54, 1.807) is 12.1 Å². The Morgan fingerprint density at radius 3 is 2.19 bits per heavy atom. The predicted octanol–water partition coefficient (Wildman–Crippen LogP) is 8.81. The van der Waals surface area contributed by atoms with Crippen molar-refractivity contribution in [2.24, 2.45) is 0 Å². The minimum atomic E-state index is -5.04. The molecule has 3 aromatic rings. The molecule has 1 amide bonds. The molecule has 230 valence electrons. The second-order valence-electron chi connectivity index (χ2n) is 11.3. The number of fused-ring (bicyclic) bond motifs is 2. The molecular weight excluding hydrogens is 610 g/mol. The second kappa shape index (κ2) is 12.4. The fourth-order valence-electron chi connectivity index (χ4n) is 6.38. The minimum absolute atomic E-state index is 0.0187. The molecule has 2 heterocycles. The summed E-state index contributed by atoms with van der Waals surface area (Å²) < 4.78 is 80.7. The summed E-state index contributed by atoms with van der Waals surface area (Å²) >= 11 is 8.00. The van der Waals surface area contributed by atoms with Crippen LogP contribution in [0.5, 0.6) is 0 Å². The van der Waals surface area contributed by atoms with Crippen LogP contribution >= 0.6 is 23.4 Å². The summed E-state index contributed by atoms with van der Waals surface area (Å²) in [6.45, 7) is 1.94. The number of nitrogens with zero attached hydrogens (tertiary/aromatic N) is 1. The molecule has 43 heavy (non-hydrogen) atoms. The molecule has 2 aliphatic rings. The maximum atomic E-state index is 13.5. The predicted molar refractivity (Wildman–Crippen MR) is 157 cm³/mol. The molecule has 11 heteroatoms. The monoisotopic (exact) mass is 640 g/mol. The van der Waals surface area contributed by atoms with Crippen molar-refractivity contribution < 1.29 is 31.1 Å². The van der Waals surface area contributed by atoms with Crippen molar-refractivity contribution in [3.8, 4) is 0 Å². The van der Waals surface area contributed by atoms with Crippen LogP contribution < -0.4 is 5.32 Å². The van der Waals surface area contributed by atoms with Crippen molar-refractivity contribution >= 4 is 29.3 Å². The molecule has 0 radical (unpaired) electrons. The number of amides is 1. The molecule has 2 atom stereocenters. The summed E-state index contributed by atoms with van der Waals surface area (Å²) in [5, 5.41) is 4.28. The molecule has 0 bridgehead atoms. The molecule has 0 aliphatic carbocycles. The van der Waals surface area contributed by atoms with Gasteiger partial charge in [0.15, 0.2) is 0 Å². The molecular formula is C32H31ClF6N2OS. The number of likely N-dealkylation sites (N-methyl/N-ethyl adjacent to an activating group) is 1. The van der Waals surface area contributed by atoms with Gasteiger partial charge in [-0.05, 0) is 86.3 Å². The molecule has 1 spiro atoms. The van der Waals surface area contributed by atoms with E-state index < -0.39 is 35.0 Å². The van der Waals surface area contributed by atoms with Gasteiger partial charge in [-0.15, -0.1) is 11.8 Å². The van der Waals surface area contributed by atoms with Crippen molar-refractivity contribution in [3.63, 3.8) is 0 Å². The zero-order valence-electron chi connectivity index (χ0n) is 23.4. The largest absolute Gasteiger partial charge is 0.416 e. The third-order valence-electron chi connectivity index (χ3n) is 8.60. The number of piperidine rings is 1. The smallest absolute Gasteiger partial charge is 0.341 e. The van der Waals surface area contributed by atoms with Gasteiger partial charge >= 0.3 is 12.4 Å². The van der Waals surface area contributed by atoms with E-state index in [2.05, 4.69) is 23.5 Å². The standard InChI is InChI=1S/C32H31ClF6N2OS/c1-41(29(42)22-16-23(31(34,35)36)18-24(17-22)32(37,38)39)19-21(20-6-9-25(33)10-7-20)8-11-28-30(12-14-40-15-13-30)26-4-2-3-5-27(26)43-28/h2-7,9-10,16-18,21,28,40H,8,11-15,19H2,1H3/t21-,28?/m1/s1. The number of rotatable bonds is 7. The van der Waals surface area contributed by atoms with Gasteiger partial charge in [0.2, 0.25) is 0 Å². The zero-order valence-corrected chi connectivity index (χ0v) is 24.9. The summed E-state index contributed by atoms with van der Waals surface area (Å²) in [4.78, 5) is 15.8. The fourth-order valence-corrected chi connectivity index (χ4v) is 8.21. The summed E-state index contributed by atoms with van der Waals surface area (Å²) in [7, 11) is 1.41. The Morgan fingerprint density at radius 1 is 0.977 bits per heavy atom. The van der Waals surface area contributed by atoms with E-state index in [-0.39, 0.29) is 23.9 Å². The molecule has 0 saturated carbocycles. The lowest BCUT2D eigenvalue weighted by molar-refractivity contribution is -0.143. The van der Waals surface area contributed by atoms with Gasteiger partial charge in [-0.1, -0.05) is 41.9 Å². The third-order valence-corrected chi connectivity index (χ3v) is 10.4. The van der Waals surface area contributed by atoms with Gasteiger partial charge in [0.1, 0.15) is 0 Å². The maximum Gasteiger partial charge on any atom is 0.416 e. The van der Waals surface area contributed by atoms with Crippen molar-refractivity contribution in [3.05, 3.63) is 99.6 Å². The topological polar surface area (TPSA) is 32.3 Å². The molecule has 1 saturated heterocycles. The first-order valence-electron chi connectivity index (χ1n) is 14.1. The highest BCUT2D eigenvalue weighted by Crippen LogP contribution is 2.55. The van der Waals surface area contributed by atoms with E-state index in [0.29, 0.717) is 28.8 Å². The van der Waals surface area contributed by atoms with Crippen molar-refractivity contribution in [1.29, 1.82) is 0 Å². The van der Waals surface area contributed by atoms with E-state index in [1.807, 2.05) is 30.0 Å². The molecule has 1 N–H and O–H groups in total. The number of nitrogens with one attached hydrogen (secondary N) is 1. The van der Waals surface area contributed by atoms with Crippen LogP contribution in [0.3, 0.4) is 0 Å². The van der Waals surface area contributed by atoms with Crippen molar-refractivity contribution in [2.75, 3.05) is 26.7 Å². The van der Waals surface area contributed by atoms with Crippen LogP contribution in [0.25, 0.3) is 0 Å². The van der Waals surface area contributed by atoms with Gasteiger partial charge in [0, 0.05) is 45.7 Å². The van der Waals surface area contributed by atoms with Crippen LogP contribution in [0.1, 0.15) is 64.2 Å². The summed E-state index contributed by atoms with van der Waals surface area (Å²) in [5.74, 6) is -1.13. The Labute approximate surface area is 256 Å². The number of carbonyl (C=O) groups is 1. The van der Waals surface area contributed by atoms with Crippen molar-refractivity contribution in [2.45, 2.75) is 59.5 Å². The third kappa shape index (κ3) is 6.86. The van der Waals surface area contributed by atoms with E-state index in [9.17, 15) is 31.1 Å². The number of halogens is 7. The Morgan fingerprint density at radius 2 is 1.58 bits per heavy atom. The highest BCUT2D eigenvalue weighted by Gasteiger charge is 2.47. The van der Waals surface area contributed by atoms with E-state index in [0.717, 1.165) is 37.9 Å². The quantitative estimate of drug-likeness (QED) is 0.262. The van der Waals surface area contributed by atoms with Gasteiger partial charge in [-0.25, -0.2) is 0 Å². The van der Waals surface area contributed by atoms with Crippen LogP contribution in [0.2, 0.25) is 5.02 Å². The van der Waals surface area contributed by atoms with Gasteiger partial charge in [-0.3, -0.25) is 4.79 Å². The highest BCUT2D eigenvalue weighted by molar-refractivity contribution is 8.00. The Hall–Kier alpha value is -2.69. The molecule has 5 rings (SSSR count). The summed E-state index contributed by atoms with van der Waals surface area (Å²) in [6, 6.07) is 16.7. The number of benzene rings is 3. The maximum absolute atomic E-state index is 13.5. The molecule has 1 fully saturated rings. The van der Waals surface area contributed by atoms with E-state index >= 15 is 0 Å². The zero-order chi connectivity index (χ0) is 31.0. The van der Waals surface area contributed by atoms with E-state index in [4.69, 9.17) is 11.6 Å². The first-order valence-corrected chi connectivity index (χ1v) is 15.3. The minimum Gasteiger partial charge on any atom is -0.341 e. The number of carbonyl (C=O) groups excluding carboxylic acids is 1. The van der Waals surface area contributed by atoms with Gasteiger partial charge < -0.3 is 10.2 Å². The average molecular weight is 641 g/mol. The highest BCUT2D eigenvalue weighted by atomic mass is 35.5. The first kappa shape index (κ1) is 31.7. The summed E-state index contributed by atoms with van der Waals surface area (Å²) in [5.41, 5.74) is -1.41. The summed E-state index contributed by atoms with van der Waals surface area (Å²) in [6.07, 6.45) is -6.60. The van der Waals surface area contributed by atoms with Crippen LogP contribution in [0.4, 0.5) is 26.3 Å². The van der Waals surface area contributed by atoms with Crippen LogP contribution in [0, 0.1) is 0 Å². The SMILES string of the molecule is CN(C[C@@H](CCC1Sc2ccccc2C12CCNCC2)c1ccc(Cl)cc1)C(=O)c1cc(C(F)(F)F)cc(C(F)(F)F)c1. The van der Waals surface area contributed by atoms with Crippen LogP contribution in [-0.2, 0) is 17.8 Å². The number of alkyl halides is 6. The van der Waals surface area contributed by atoms with E-state index in [1.165, 1.54) is 22.4 Å². The van der Waals surface area contributed by atoms with Crippen LogP contribution in [-0.4, -0.2) is 42.7 Å². The number of hydrogen-bond donors (Lipinski definition) is 1. The first-order chi connectivity index (χ1) is 20.3. The second-order valence-corrected chi connectivity index (χ2v) is 13.0. The molecule has 1 unspecified atom stereocenters. The number of hydrogen-bond acceptors (Lipinski definition) is 3. The van der Waals surface area contributed by atoms with Crippen LogP contribution in [0.15, 0.2) is 71.6 Å². The average Bonchev–Trinajstić information content (AvgIpc) is 3.26. The lowest BCUT2D eigenvalue weighted by Gasteiger charge is -2.40. The molecule has 2 aliphatic heterocycles. The fraction of sp³-hybridized carbons (Fsp3) is 0.406. The van der Waals surface area contributed by atoms with Gasteiger partial charge in [0.05, 0.1) is 11.1 Å². The van der Waals surface area contributed by atoms with Crippen molar-refractivity contribution in [1.82, 2.24) is 10.2 Å². The number of thioether (sulfide) groups is 1. The Bertz CT molecular complexity index is 1420. The lowest BCUT2D eigenvalue weighted by Crippen LogP contribution is -2.44. The normalized spacial score (nSPS) is 18.8. The van der Waals surface area contributed by atoms with Gasteiger partial charge in [-0.2, -0.15) is 26.3 Å². The van der Waals surface area contributed by atoms with Gasteiger partial charge in [0.25, 0.3) is 5.91 Å². The molecule has 0 aromatic heterocycles. The Balaban J connectivity index is 1.40. The Kier molecular flexibility index (Phi) is 9.12. The lowest BCUT2D eigenvalue weighted by atomic mass is 9.69. The molecule has 3 nitrogen and oxygen atoms in total. The molecule has 3 aromatic carbocycles.